The van der Waals surface area contributed by atoms with Crippen LogP contribution in [0.3, 0.4) is 0 Å². The molecule has 1 aromatic heterocycles. The molecule has 2 aliphatic carbocycles. The highest BCUT2D eigenvalue weighted by Gasteiger charge is 2.60. The van der Waals surface area contributed by atoms with E-state index in [1.807, 2.05) is 0 Å². The van der Waals surface area contributed by atoms with Crippen LogP contribution in [0.25, 0.3) is 0 Å². The largest absolute Gasteiger partial charge is 0.480 e. The minimum Gasteiger partial charge on any atom is -0.480 e. The van der Waals surface area contributed by atoms with Crippen molar-refractivity contribution in [2.45, 2.75) is 62.5 Å². The Bertz CT molecular complexity index is 677. The Morgan fingerprint density at radius 1 is 1.27 bits per heavy atom. The van der Waals surface area contributed by atoms with Gasteiger partial charge >= 0.3 is 5.97 Å². The first kappa shape index (κ1) is 15.6. The molecule has 1 aromatic rings. The van der Waals surface area contributed by atoms with E-state index in [2.05, 4.69) is 4.72 Å². The van der Waals surface area contributed by atoms with Gasteiger partial charge in [0.15, 0.2) is 0 Å². The van der Waals surface area contributed by atoms with Crippen molar-refractivity contribution < 1.29 is 22.7 Å². The second-order valence-electron chi connectivity index (χ2n) is 6.85. The summed E-state index contributed by atoms with van der Waals surface area (Å²) in [5.41, 5.74) is -0.711. The molecule has 2 fully saturated rings. The minimum absolute atomic E-state index is 0.00175. The summed E-state index contributed by atoms with van der Waals surface area (Å²) in [5, 5.41) is 9.33. The summed E-state index contributed by atoms with van der Waals surface area (Å²) in [6.45, 7) is 1.72. The molecule has 0 amide bonds. The summed E-state index contributed by atoms with van der Waals surface area (Å²) in [4.78, 5) is 11.7. The predicted molar refractivity (Wildman–Crippen MR) is 78.9 cm³/mol. The Balaban J connectivity index is 1.80. The van der Waals surface area contributed by atoms with Crippen LogP contribution in [-0.4, -0.2) is 25.0 Å². The lowest BCUT2D eigenvalue weighted by atomic mass is 9.52. The van der Waals surface area contributed by atoms with E-state index in [0.717, 1.165) is 25.7 Å². The first-order valence-corrected chi connectivity index (χ1v) is 9.08. The first-order valence-electron chi connectivity index (χ1n) is 7.60. The van der Waals surface area contributed by atoms with Gasteiger partial charge in [0.1, 0.15) is 5.54 Å². The van der Waals surface area contributed by atoms with Gasteiger partial charge in [-0.25, -0.2) is 8.42 Å². The van der Waals surface area contributed by atoms with Crippen LogP contribution >= 0.6 is 0 Å². The zero-order chi connectivity index (χ0) is 16.0. The lowest BCUT2D eigenvalue weighted by Crippen LogP contribution is -2.66. The molecule has 2 saturated carbocycles. The number of hydrogen-bond donors (Lipinski definition) is 2. The van der Waals surface area contributed by atoms with E-state index in [-0.39, 0.29) is 10.5 Å². The van der Waals surface area contributed by atoms with Gasteiger partial charge < -0.3 is 9.52 Å². The summed E-state index contributed by atoms with van der Waals surface area (Å²) >= 11 is 0. The van der Waals surface area contributed by atoms with Crippen LogP contribution in [0.1, 0.15) is 50.5 Å². The van der Waals surface area contributed by atoms with Crippen molar-refractivity contribution in [2.75, 3.05) is 0 Å². The number of aryl methyl sites for hydroxylation is 1. The fraction of sp³-hybridized carbons (Fsp3) is 0.667. The van der Waals surface area contributed by atoms with Gasteiger partial charge in [0.2, 0.25) is 5.09 Å². The number of sulfonamides is 1. The number of rotatable bonds is 4. The normalized spacial score (nSPS) is 23.1. The highest BCUT2D eigenvalue weighted by Crippen LogP contribution is 2.57. The van der Waals surface area contributed by atoms with Crippen LogP contribution in [0.4, 0.5) is 0 Å². The standard InChI is InChI=1S/C15H21NO5S/c1-11-7-12(21-8-11)22(19,20)16-15(13(17)18)9-14(10-15)5-3-2-4-6-14/h7-8,16H,2-6,9-10H2,1H3,(H,17,18). The number of carbonyl (C=O) groups is 1. The van der Waals surface area contributed by atoms with Crippen molar-refractivity contribution >= 4 is 16.0 Å². The van der Waals surface area contributed by atoms with E-state index in [9.17, 15) is 18.3 Å². The molecule has 6 nitrogen and oxygen atoms in total. The van der Waals surface area contributed by atoms with E-state index in [1.165, 1.54) is 18.8 Å². The van der Waals surface area contributed by atoms with E-state index < -0.39 is 21.5 Å². The highest BCUT2D eigenvalue weighted by atomic mass is 32.2. The molecule has 0 unspecified atom stereocenters. The number of aliphatic carboxylic acids is 1. The van der Waals surface area contributed by atoms with Crippen LogP contribution < -0.4 is 4.72 Å². The molecule has 0 bridgehead atoms. The second-order valence-corrected chi connectivity index (χ2v) is 8.46. The Kier molecular flexibility index (Phi) is 3.60. The van der Waals surface area contributed by atoms with Crippen molar-refractivity contribution in [2.24, 2.45) is 5.41 Å². The Labute approximate surface area is 129 Å². The topological polar surface area (TPSA) is 96.6 Å². The summed E-state index contributed by atoms with van der Waals surface area (Å²) in [6.07, 6.45) is 7.43. The van der Waals surface area contributed by atoms with Gasteiger partial charge in [-0.05, 0) is 43.6 Å². The van der Waals surface area contributed by atoms with Gasteiger partial charge in [-0.3, -0.25) is 4.79 Å². The molecule has 0 atom stereocenters. The van der Waals surface area contributed by atoms with E-state index in [0.29, 0.717) is 18.4 Å². The summed E-state index contributed by atoms with van der Waals surface area (Å²) < 4.78 is 32.1. The average molecular weight is 327 g/mol. The molecule has 0 radical (unpaired) electrons. The Hall–Kier alpha value is -1.34. The predicted octanol–water partition coefficient (Wildman–Crippen LogP) is 2.43. The van der Waals surface area contributed by atoms with Crippen molar-refractivity contribution in [3.63, 3.8) is 0 Å². The SMILES string of the molecule is Cc1coc(S(=O)(=O)NC2(C(=O)O)CC3(CCCCC3)C2)c1. The molecule has 0 aliphatic heterocycles. The van der Waals surface area contributed by atoms with Gasteiger partial charge in [0.25, 0.3) is 10.0 Å². The van der Waals surface area contributed by atoms with E-state index >= 15 is 0 Å². The zero-order valence-corrected chi connectivity index (χ0v) is 13.4. The van der Waals surface area contributed by atoms with Crippen molar-refractivity contribution in [3.05, 3.63) is 17.9 Å². The third kappa shape index (κ3) is 2.56. The monoisotopic (exact) mass is 327 g/mol. The summed E-state index contributed by atoms with van der Waals surface area (Å²) in [5.74, 6) is -1.10. The molecule has 3 rings (SSSR count). The molecule has 1 spiro atoms. The Morgan fingerprint density at radius 2 is 1.91 bits per heavy atom. The van der Waals surface area contributed by atoms with Gasteiger partial charge in [0, 0.05) is 6.07 Å². The number of carboxylic acids is 1. The van der Waals surface area contributed by atoms with Crippen molar-refractivity contribution in [1.29, 1.82) is 0 Å². The fourth-order valence-electron chi connectivity index (χ4n) is 4.00. The molecule has 22 heavy (non-hydrogen) atoms. The van der Waals surface area contributed by atoms with Crippen LogP contribution in [0.15, 0.2) is 21.8 Å². The summed E-state index contributed by atoms with van der Waals surface area (Å²) in [7, 11) is -3.96. The third-order valence-electron chi connectivity index (χ3n) is 4.98. The van der Waals surface area contributed by atoms with E-state index in [1.54, 1.807) is 6.92 Å². The molecule has 7 heteroatoms. The highest BCUT2D eigenvalue weighted by molar-refractivity contribution is 7.89. The molecule has 122 valence electrons. The number of carboxylic acid groups (broad SMARTS) is 1. The number of hydrogen-bond acceptors (Lipinski definition) is 4. The third-order valence-corrected chi connectivity index (χ3v) is 6.38. The van der Waals surface area contributed by atoms with Crippen molar-refractivity contribution in [3.8, 4) is 0 Å². The second kappa shape index (κ2) is 5.09. The molecular weight excluding hydrogens is 306 g/mol. The molecule has 2 aliphatic rings. The lowest BCUT2D eigenvalue weighted by Gasteiger charge is -2.55. The maximum absolute atomic E-state index is 12.4. The average Bonchev–Trinajstić information content (AvgIpc) is 2.85. The molecule has 0 aromatic carbocycles. The number of nitrogens with one attached hydrogen (secondary N) is 1. The number of furan rings is 1. The van der Waals surface area contributed by atoms with Crippen LogP contribution in [-0.2, 0) is 14.8 Å². The van der Waals surface area contributed by atoms with Crippen molar-refractivity contribution in [1.82, 2.24) is 4.72 Å². The smallest absolute Gasteiger partial charge is 0.324 e. The van der Waals surface area contributed by atoms with E-state index in [4.69, 9.17) is 4.42 Å². The van der Waals surface area contributed by atoms with Gasteiger partial charge in [-0.2, -0.15) is 4.72 Å². The maximum atomic E-state index is 12.4. The van der Waals surface area contributed by atoms with Crippen LogP contribution in [0.5, 0.6) is 0 Å². The molecule has 0 saturated heterocycles. The molecule has 1 heterocycles. The van der Waals surface area contributed by atoms with Crippen LogP contribution in [0, 0.1) is 12.3 Å². The van der Waals surface area contributed by atoms with Gasteiger partial charge in [0.05, 0.1) is 6.26 Å². The Morgan fingerprint density at radius 3 is 2.41 bits per heavy atom. The van der Waals surface area contributed by atoms with Gasteiger partial charge in [-0.15, -0.1) is 0 Å². The fourth-order valence-corrected chi connectivity index (χ4v) is 5.37. The minimum atomic E-state index is -3.96. The molecule has 2 N–H and O–H groups in total. The quantitative estimate of drug-likeness (QED) is 0.885. The van der Waals surface area contributed by atoms with Crippen LogP contribution in [0.2, 0.25) is 0 Å². The maximum Gasteiger partial charge on any atom is 0.324 e. The molecular formula is C15H21NO5S. The lowest BCUT2D eigenvalue weighted by molar-refractivity contribution is -0.156. The first-order chi connectivity index (χ1) is 10.3. The zero-order valence-electron chi connectivity index (χ0n) is 12.6. The summed E-state index contributed by atoms with van der Waals surface area (Å²) in [6, 6.07) is 1.40. The van der Waals surface area contributed by atoms with Gasteiger partial charge in [-0.1, -0.05) is 19.3 Å².